The molecular weight excluding hydrogens is 316 g/mol. The molecule has 136 valence electrons. The van der Waals surface area contributed by atoms with Gasteiger partial charge in [0.05, 0.1) is 5.60 Å². The van der Waals surface area contributed by atoms with E-state index < -0.39 is 7.12 Å². The third kappa shape index (κ3) is 3.06. The van der Waals surface area contributed by atoms with Crippen LogP contribution >= 0.6 is 0 Å². The van der Waals surface area contributed by atoms with E-state index in [0.29, 0.717) is 12.3 Å². The Morgan fingerprint density at radius 3 is 2.48 bits per heavy atom. The summed E-state index contributed by atoms with van der Waals surface area (Å²) >= 11 is 0. The molecule has 1 fully saturated rings. The Bertz CT molecular complexity index is 725. The topological polar surface area (TPSA) is 30.8 Å². The van der Waals surface area contributed by atoms with E-state index in [2.05, 4.69) is 46.5 Å². The molecule has 5 heteroatoms. The molecule has 1 saturated heterocycles. The van der Waals surface area contributed by atoms with Crippen molar-refractivity contribution in [3.63, 3.8) is 0 Å². The average molecular weight is 345 g/mol. The second kappa shape index (κ2) is 5.92. The van der Waals surface area contributed by atoms with Gasteiger partial charge in [0.1, 0.15) is 11.5 Å². The summed E-state index contributed by atoms with van der Waals surface area (Å²) in [5.41, 5.74) is 2.39. The highest BCUT2D eigenvalue weighted by atomic mass is 19.1. The largest absolute Gasteiger partial charge is 0.494 e. The molecule has 2 aliphatic rings. The third-order valence-corrected chi connectivity index (χ3v) is 6.46. The lowest BCUT2D eigenvalue weighted by atomic mass is 9.68. The van der Waals surface area contributed by atoms with Crippen molar-refractivity contribution < 1.29 is 13.7 Å². The average Bonchev–Trinajstić information content (AvgIpc) is 2.72. The van der Waals surface area contributed by atoms with Crippen LogP contribution in [0.15, 0.2) is 17.1 Å². The van der Waals surface area contributed by atoms with Crippen LogP contribution in [-0.4, -0.2) is 25.0 Å². The third-order valence-electron chi connectivity index (χ3n) is 6.46. The Labute approximate surface area is 151 Å². The molecule has 0 aromatic heterocycles. The van der Waals surface area contributed by atoms with Crippen molar-refractivity contribution in [1.29, 1.82) is 0 Å². The minimum absolute atomic E-state index is 0.0171. The van der Waals surface area contributed by atoms with Crippen molar-refractivity contribution in [1.82, 2.24) is 0 Å². The van der Waals surface area contributed by atoms with Crippen molar-refractivity contribution in [2.24, 2.45) is 10.4 Å². The van der Waals surface area contributed by atoms with Crippen LogP contribution < -0.4 is 5.46 Å². The van der Waals surface area contributed by atoms with Gasteiger partial charge in [-0.3, -0.25) is 4.99 Å². The first-order valence-electron chi connectivity index (χ1n) is 9.15. The van der Waals surface area contributed by atoms with E-state index in [1.807, 2.05) is 13.0 Å². The van der Waals surface area contributed by atoms with Crippen LogP contribution in [0.25, 0.3) is 0 Å². The van der Waals surface area contributed by atoms with Gasteiger partial charge in [-0.15, -0.1) is 0 Å². The molecule has 0 amide bonds. The van der Waals surface area contributed by atoms with E-state index in [-0.39, 0.29) is 22.2 Å². The molecule has 0 spiro atoms. The predicted molar refractivity (Wildman–Crippen MR) is 102 cm³/mol. The summed E-state index contributed by atoms with van der Waals surface area (Å²) in [6.45, 7) is 15.3. The second-order valence-corrected chi connectivity index (χ2v) is 9.04. The van der Waals surface area contributed by atoms with E-state index in [1.54, 1.807) is 0 Å². The van der Waals surface area contributed by atoms with Gasteiger partial charge >= 0.3 is 7.12 Å². The maximum atomic E-state index is 14.7. The Hall–Kier alpha value is -1.20. The number of fused-ring (bicyclic) bond motifs is 1. The molecule has 2 heterocycles. The molecule has 0 N–H and O–H groups in total. The van der Waals surface area contributed by atoms with Crippen LogP contribution in [0.1, 0.15) is 66.9 Å². The predicted octanol–water partition coefficient (Wildman–Crippen LogP) is 4.54. The van der Waals surface area contributed by atoms with Gasteiger partial charge in [0.2, 0.25) is 0 Å². The summed E-state index contributed by atoms with van der Waals surface area (Å²) in [5, 5.41) is 0. The van der Waals surface area contributed by atoms with E-state index in [1.165, 1.54) is 6.07 Å². The number of aliphatic imine (C=N–C) groups is 1. The number of hydrogen-bond donors (Lipinski definition) is 0. The van der Waals surface area contributed by atoms with Crippen molar-refractivity contribution in [3.05, 3.63) is 23.5 Å². The maximum absolute atomic E-state index is 14.7. The monoisotopic (exact) mass is 345 g/mol. The van der Waals surface area contributed by atoms with Crippen molar-refractivity contribution in [2.45, 2.75) is 72.3 Å². The minimum Gasteiger partial charge on any atom is -0.407 e. The molecule has 0 saturated carbocycles. The van der Waals surface area contributed by atoms with Crippen LogP contribution in [0, 0.1) is 11.2 Å². The van der Waals surface area contributed by atoms with Crippen LogP contribution in [0.2, 0.25) is 0 Å². The molecule has 3 nitrogen and oxygen atoms in total. The van der Waals surface area contributed by atoms with Gasteiger partial charge in [0.25, 0.3) is 0 Å². The van der Waals surface area contributed by atoms with Crippen LogP contribution in [-0.2, 0) is 14.7 Å². The molecule has 1 aromatic carbocycles. The van der Waals surface area contributed by atoms with Crippen LogP contribution in [0.5, 0.6) is 0 Å². The lowest BCUT2D eigenvalue weighted by Gasteiger charge is -2.45. The van der Waals surface area contributed by atoms with Gasteiger partial charge in [0.15, 0.2) is 0 Å². The first-order valence-corrected chi connectivity index (χ1v) is 9.15. The number of hydrogen-bond acceptors (Lipinski definition) is 3. The van der Waals surface area contributed by atoms with Crippen molar-refractivity contribution in [2.75, 3.05) is 6.61 Å². The van der Waals surface area contributed by atoms with E-state index >= 15 is 0 Å². The zero-order valence-electron chi connectivity index (χ0n) is 16.5. The number of benzene rings is 1. The molecule has 25 heavy (non-hydrogen) atoms. The van der Waals surface area contributed by atoms with E-state index in [9.17, 15) is 4.39 Å². The Balaban J connectivity index is 2.00. The Kier molecular flexibility index (Phi) is 4.40. The highest BCUT2D eigenvalue weighted by molar-refractivity contribution is 6.61. The van der Waals surface area contributed by atoms with E-state index in [0.717, 1.165) is 29.6 Å². The van der Waals surface area contributed by atoms with Gasteiger partial charge in [-0.2, -0.15) is 0 Å². The summed E-state index contributed by atoms with van der Waals surface area (Å²) in [6.07, 6.45) is 2.00. The van der Waals surface area contributed by atoms with Crippen molar-refractivity contribution in [3.8, 4) is 0 Å². The number of rotatable bonds is 1. The van der Waals surface area contributed by atoms with Crippen molar-refractivity contribution >= 4 is 24.0 Å². The molecule has 0 atom stereocenters. The highest BCUT2D eigenvalue weighted by Crippen LogP contribution is 2.42. The lowest BCUT2D eigenvalue weighted by molar-refractivity contribution is -0.0485. The fraction of sp³-hybridized carbons (Fsp3) is 0.650. The molecule has 2 aliphatic heterocycles. The molecule has 0 radical (unpaired) electrons. The van der Waals surface area contributed by atoms with Gasteiger partial charge < -0.3 is 9.31 Å². The zero-order valence-corrected chi connectivity index (χ0v) is 16.5. The van der Waals surface area contributed by atoms with Gasteiger partial charge in [-0.25, -0.2) is 4.39 Å². The summed E-state index contributed by atoms with van der Waals surface area (Å²) in [7, 11) is -0.564. The van der Waals surface area contributed by atoms with Gasteiger partial charge in [0, 0.05) is 17.7 Å². The van der Waals surface area contributed by atoms with Crippen LogP contribution in [0.3, 0.4) is 0 Å². The molecule has 0 aliphatic carbocycles. The molecule has 0 unspecified atom stereocenters. The fourth-order valence-corrected chi connectivity index (χ4v) is 3.48. The minimum atomic E-state index is -0.564. The first kappa shape index (κ1) is 18.6. The summed E-state index contributed by atoms with van der Waals surface area (Å²) in [5.74, 6) is -0.302. The quantitative estimate of drug-likeness (QED) is 0.700. The molecule has 3 rings (SSSR count). The van der Waals surface area contributed by atoms with Gasteiger partial charge in [-0.1, -0.05) is 33.8 Å². The first-order chi connectivity index (χ1) is 11.5. The van der Waals surface area contributed by atoms with Gasteiger partial charge in [-0.05, 0) is 56.1 Å². The highest BCUT2D eigenvalue weighted by Gasteiger charge is 2.44. The molecular formula is C20H29BFNO2. The number of halogens is 1. The fourth-order valence-electron chi connectivity index (χ4n) is 3.48. The summed E-state index contributed by atoms with van der Waals surface area (Å²) < 4.78 is 27.1. The summed E-state index contributed by atoms with van der Waals surface area (Å²) in [4.78, 5) is 4.44. The zero-order chi connectivity index (χ0) is 18.6. The molecule has 0 bridgehead atoms. The lowest BCUT2D eigenvalue weighted by Crippen LogP contribution is -2.52. The SMILES string of the molecule is CC1=Nc2c(F)cc(B3OCCCC(C)(C)C(C)(C)O3)cc2C1(C)C. The maximum Gasteiger partial charge on any atom is 0.494 e. The second-order valence-electron chi connectivity index (χ2n) is 9.04. The smallest absolute Gasteiger partial charge is 0.407 e. The summed E-state index contributed by atoms with van der Waals surface area (Å²) in [6, 6.07) is 3.53. The van der Waals surface area contributed by atoms with Crippen LogP contribution in [0.4, 0.5) is 10.1 Å². The Morgan fingerprint density at radius 1 is 1.12 bits per heavy atom. The standard InChI is InChI=1S/C20H29BFNO2/c1-13-19(4,5)15-11-14(12-16(22)17(15)23-13)21-24-10-8-9-18(2,3)20(6,7)25-21/h11-12H,8-10H2,1-7H3. The normalized spacial score (nSPS) is 24.3. The molecule has 1 aromatic rings. The van der Waals surface area contributed by atoms with E-state index in [4.69, 9.17) is 9.31 Å². The Morgan fingerprint density at radius 2 is 1.80 bits per heavy atom. The number of nitrogens with zero attached hydrogens (tertiary/aromatic N) is 1.